The van der Waals surface area contributed by atoms with Crippen LogP contribution in [0, 0.1) is 11.8 Å². The third-order valence-electron chi connectivity index (χ3n) is 4.24. The highest BCUT2D eigenvalue weighted by atomic mass is 16.5. The molecule has 2 atom stereocenters. The Morgan fingerprint density at radius 2 is 2.14 bits per heavy atom. The predicted molar refractivity (Wildman–Crippen MR) is 84.4 cm³/mol. The van der Waals surface area contributed by atoms with Crippen LogP contribution in [-0.4, -0.2) is 44.1 Å². The lowest BCUT2D eigenvalue weighted by Crippen LogP contribution is -2.45. The van der Waals surface area contributed by atoms with E-state index in [1.807, 2.05) is 24.3 Å². The van der Waals surface area contributed by atoms with Gasteiger partial charge in [-0.15, -0.1) is 0 Å². The Bertz CT molecular complexity index is 461. The van der Waals surface area contributed by atoms with Crippen molar-refractivity contribution < 1.29 is 9.53 Å². The molecule has 21 heavy (non-hydrogen) atoms. The number of benzene rings is 1. The molecule has 5 heteroatoms. The zero-order chi connectivity index (χ0) is 15.2. The maximum atomic E-state index is 12.1. The zero-order valence-corrected chi connectivity index (χ0v) is 12.8. The third kappa shape index (κ3) is 4.44. The summed E-state index contributed by atoms with van der Waals surface area (Å²) in [5, 5.41) is 2.92. The van der Waals surface area contributed by atoms with Crippen LogP contribution in [0.5, 0.6) is 5.75 Å². The number of carbonyl (C=O) groups excluding carboxylic acids is 1. The summed E-state index contributed by atoms with van der Waals surface area (Å²) in [4.78, 5) is 14.3. The number of nitrogens with one attached hydrogen (secondary N) is 1. The molecule has 1 aliphatic rings. The number of amides is 1. The fourth-order valence-electron chi connectivity index (χ4n) is 2.75. The molecule has 1 fully saturated rings. The molecule has 0 spiro atoms. The van der Waals surface area contributed by atoms with Gasteiger partial charge >= 0.3 is 0 Å². The largest absolute Gasteiger partial charge is 0.497 e. The molecular weight excluding hydrogens is 266 g/mol. The number of rotatable bonds is 5. The molecule has 116 valence electrons. The summed E-state index contributed by atoms with van der Waals surface area (Å²) < 4.78 is 5.10. The number of likely N-dealkylation sites (tertiary alicyclic amines) is 1. The van der Waals surface area contributed by atoms with E-state index in [1.54, 1.807) is 7.11 Å². The SMILES string of the molecule is COc1ccc(NC(=O)CN2CCC(C)C(CN)C2)cc1. The fraction of sp³-hybridized carbons (Fsp3) is 0.562. The van der Waals surface area contributed by atoms with Gasteiger partial charge in [0.05, 0.1) is 13.7 Å². The molecule has 1 aliphatic heterocycles. The minimum atomic E-state index is 0.0190. The van der Waals surface area contributed by atoms with Crippen molar-refractivity contribution in [1.82, 2.24) is 4.90 Å². The number of carbonyl (C=O) groups is 1. The van der Waals surface area contributed by atoms with E-state index in [-0.39, 0.29) is 5.91 Å². The number of hydrogen-bond acceptors (Lipinski definition) is 4. The smallest absolute Gasteiger partial charge is 0.238 e. The molecule has 0 aliphatic carbocycles. The van der Waals surface area contributed by atoms with Crippen LogP contribution in [0.15, 0.2) is 24.3 Å². The molecule has 1 aromatic rings. The zero-order valence-electron chi connectivity index (χ0n) is 12.8. The van der Waals surface area contributed by atoms with Crippen LogP contribution in [-0.2, 0) is 4.79 Å². The number of nitrogens with zero attached hydrogens (tertiary/aromatic N) is 1. The van der Waals surface area contributed by atoms with Gasteiger partial charge in [-0.1, -0.05) is 6.92 Å². The maximum Gasteiger partial charge on any atom is 0.238 e. The lowest BCUT2D eigenvalue weighted by atomic mass is 9.87. The van der Waals surface area contributed by atoms with Crippen LogP contribution >= 0.6 is 0 Å². The highest BCUT2D eigenvalue weighted by Crippen LogP contribution is 2.22. The topological polar surface area (TPSA) is 67.6 Å². The Morgan fingerprint density at radius 3 is 2.76 bits per heavy atom. The van der Waals surface area contributed by atoms with E-state index in [0.717, 1.165) is 30.9 Å². The van der Waals surface area contributed by atoms with Gasteiger partial charge in [0.2, 0.25) is 5.91 Å². The van der Waals surface area contributed by atoms with Crippen molar-refractivity contribution >= 4 is 11.6 Å². The Hall–Kier alpha value is -1.59. The quantitative estimate of drug-likeness (QED) is 0.864. The summed E-state index contributed by atoms with van der Waals surface area (Å²) in [6, 6.07) is 7.36. The number of hydrogen-bond donors (Lipinski definition) is 2. The molecule has 0 radical (unpaired) electrons. The first-order chi connectivity index (χ1) is 10.1. The van der Waals surface area contributed by atoms with E-state index in [4.69, 9.17) is 10.5 Å². The Kier molecular flexibility index (Phi) is 5.59. The van der Waals surface area contributed by atoms with E-state index < -0.39 is 0 Å². The first-order valence-electron chi connectivity index (χ1n) is 7.48. The number of ether oxygens (including phenoxy) is 1. The van der Waals surface area contributed by atoms with E-state index >= 15 is 0 Å². The number of piperidine rings is 1. The van der Waals surface area contributed by atoms with Gasteiger partial charge in [0.15, 0.2) is 0 Å². The Balaban J connectivity index is 1.83. The van der Waals surface area contributed by atoms with Crippen molar-refractivity contribution in [3.05, 3.63) is 24.3 Å². The molecule has 0 saturated carbocycles. The van der Waals surface area contributed by atoms with Crippen molar-refractivity contribution in [2.45, 2.75) is 13.3 Å². The summed E-state index contributed by atoms with van der Waals surface area (Å²) in [7, 11) is 1.62. The molecule has 1 amide bonds. The lowest BCUT2D eigenvalue weighted by molar-refractivity contribution is -0.117. The van der Waals surface area contributed by atoms with Crippen LogP contribution in [0.1, 0.15) is 13.3 Å². The van der Waals surface area contributed by atoms with E-state index in [2.05, 4.69) is 17.1 Å². The Morgan fingerprint density at radius 1 is 1.43 bits per heavy atom. The maximum absolute atomic E-state index is 12.1. The molecule has 0 aromatic heterocycles. The molecule has 1 heterocycles. The first kappa shape index (κ1) is 15.8. The molecule has 1 saturated heterocycles. The van der Waals surface area contributed by atoms with Gasteiger partial charge in [0.1, 0.15) is 5.75 Å². The predicted octanol–water partition coefficient (Wildman–Crippen LogP) is 1.55. The fourth-order valence-corrected chi connectivity index (χ4v) is 2.75. The van der Waals surface area contributed by atoms with Gasteiger partial charge in [0.25, 0.3) is 0 Å². The average Bonchev–Trinajstić information content (AvgIpc) is 2.50. The second kappa shape index (κ2) is 7.43. The molecule has 1 aromatic carbocycles. The summed E-state index contributed by atoms with van der Waals surface area (Å²) in [5.41, 5.74) is 6.59. The van der Waals surface area contributed by atoms with Crippen molar-refractivity contribution in [3.8, 4) is 5.75 Å². The minimum absolute atomic E-state index is 0.0190. The van der Waals surface area contributed by atoms with Crippen molar-refractivity contribution in [2.75, 3.05) is 38.6 Å². The molecular formula is C16H25N3O2. The van der Waals surface area contributed by atoms with E-state index in [1.165, 1.54) is 0 Å². The van der Waals surface area contributed by atoms with Gasteiger partial charge in [-0.25, -0.2) is 0 Å². The van der Waals surface area contributed by atoms with Crippen molar-refractivity contribution in [3.63, 3.8) is 0 Å². The van der Waals surface area contributed by atoms with E-state index in [0.29, 0.717) is 24.9 Å². The number of anilines is 1. The van der Waals surface area contributed by atoms with Gasteiger partial charge in [-0.2, -0.15) is 0 Å². The Labute approximate surface area is 126 Å². The molecule has 5 nitrogen and oxygen atoms in total. The van der Waals surface area contributed by atoms with E-state index in [9.17, 15) is 4.79 Å². The second-order valence-corrected chi connectivity index (χ2v) is 5.77. The summed E-state index contributed by atoms with van der Waals surface area (Å²) in [6.45, 7) is 5.24. The van der Waals surface area contributed by atoms with Crippen molar-refractivity contribution in [1.29, 1.82) is 0 Å². The minimum Gasteiger partial charge on any atom is -0.497 e. The van der Waals surface area contributed by atoms with Crippen LogP contribution < -0.4 is 15.8 Å². The monoisotopic (exact) mass is 291 g/mol. The van der Waals surface area contributed by atoms with Gasteiger partial charge < -0.3 is 15.8 Å². The summed E-state index contributed by atoms with van der Waals surface area (Å²) >= 11 is 0. The molecule has 0 bridgehead atoms. The number of methoxy groups -OCH3 is 1. The second-order valence-electron chi connectivity index (χ2n) is 5.77. The molecule has 2 rings (SSSR count). The normalized spacial score (nSPS) is 22.8. The van der Waals surface area contributed by atoms with Crippen LogP contribution in [0.3, 0.4) is 0 Å². The standard InChI is InChI=1S/C16H25N3O2/c1-12-7-8-19(10-13(12)9-17)11-16(20)18-14-3-5-15(21-2)6-4-14/h3-6,12-13H,7-11,17H2,1-2H3,(H,18,20). The van der Waals surface area contributed by atoms with Gasteiger partial charge in [0, 0.05) is 12.2 Å². The molecule has 3 N–H and O–H groups in total. The highest BCUT2D eigenvalue weighted by molar-refractivity contribution is 5.92. The third-order valence-corrected chi connectivity index (χ3v) is 4.24. The highest BCUT2D eigenvalue weighted by Gasteiger charge is 2.26. The van der Waals surface area contributed by atoms with Crippen LogP contribution in [0.4, 0.5) is 5.69 Å². The van der Waals surface area contributed by atoms with Gasteiger partial charge in [-0.05, 0) is 55.6 Å². The molecule has 2 unspecified atom stereocenters. The van der Waals surface area contributed by atoms with Crippen LogP contribution in [0.25, 0.3) is 0 Å². The summed E-state index contributed by atoms with van der Waals surface area (Å²) in [6.07, 6.45) is 1.11. The van der Waals surface area contributed by atoms with Crippen molar-refractivity contribution in [2.24, 2.45) is 17.6 Å². The van der Waals surface area contributed by atoms with Crippen LogP contribution in [0.2, 0.25) is 0 Å². The summed E-state index contributed by atoms with van der Waals surface area (Å²) in [5.74, 6) is 1.94. The lowest BCUT2D eigenvalue weighted by Gasteiger charge is -2.36. The van der Waals surface area contributed by atoms with Gasteiger partial charge in [-0.3, -0.25) is 9.69 Å². The number of nitrogens with two attached hydrogens (primary N) is 1. The average molecular weight is 291 g/mol. The first-order valence-corrected chi connectivity index (χ1v) is 7.48.